The van der Waals surface area contributed by atoms with E-state index in [0.717, 1.165) is 0 Å². The van der Waals surface area contributed by atoms with Crippen LogP contribution in [0.3, 0.4) is 0 Å². The molecule has 0 bridgehead atoms. The SMILES string of the molecule is COC(=O)c1cccc(NC(=O)Cc2csc(N)n2)c1. The van der Waals surface area contributed by atoms with Crippen molar-refractivity contribution in [1.29, 1.82) is 0 Å². The van der Waals surface area contributed by atoms with E-state index in [-0.39, 0.29) is 12.3 Å². The molecule has 0 radical (unpaired) electrons. The quantitative estimate of drug-likeness (QED) is 0.836. The summed E-state index contributed by atoms with van der Waals surface area (Å²) in [5.41, 5.74) is 7.03. The summed E-state index contributed by atoms with van der Waals surface area (Å²) in [5.74, 6) is -0.675. The summed E-state index contributed by atoms with van der Waals surface area (Å²) in [6.45, 7) is 0. The Hall–Kier alpha value is -2.41. The highest BCUT2D eigenvalue weighted by Gasteiger charge is 2.09. The number of nitrogen functional groups attached to an aromatic ring is 1. The number of amides is 1. The van der Waals surface area contributed by atoms with Crippen LogP contribution in [0.25, 0.3) is 0 Å². The summed E-state index contributed by atoms with van der Waals surface area (Å²) in [4.78, 5) is 27.2. The zero-order chi connectivity index (χ0) is 14.5. The molecule has 2 aromatic rings. The zero-order valence-electron chi connectivity index (χ0n) is 10.8. The number of nitrogens with one attached hydrogen (secondary N) is 1. The molecule has 1 amide bonds. The summed E-state index contributed by atoms with van der Waals surface area (Å²) in [6.07, 6.45) is 0.135. The number of carbonyl (C=O) groups excluding carboxylic acids is 2. The van der Waals surface area contributed by atoms with Gasteiger partial charge in [-0.3, -0.25) is 4.79 Å². The smallest absolute Gasteiger partial charge is 0.337 e. The Morgan fingerprint density at radius 2 is 2.25 bits per heavy atom. The van der Waals surface area contributed by atoms with Gasteiger partial charge < -0.3 is 15.8 Å². The van der Waals surface area contributed by atoms with Crippen LogP contribution in [0.4, 0.5) is 10.8 Å². The number of nitrogens with zero attached hydrogens (tertiary/aromatic N) is 1. The van der Waals surface area contributed by atoms with Crippen molar-refractivity contribution in [2.45, 2.75) is 6.42 Å². The van der Waals surface area contributed by atoms with Crippen LogP contribution in [0.1, 0.15) is 16.1 Å². The Kier molecular flexibility index (Phi) is 4.31. The van der Waals surface area contributed by atoms with Crippen molar-refractivity contribution in [3.8, 4) is 0 Å². The maximum atomic E-state index is 11.8. The first-order valence-corrected chi connectivity index (χ1v) is 6.64. The number of hydrogen-bond acceptors (Lipinski definition) is 6. The van der Waals surface area contributed by atoms with Crippen LogP contribution in [0, 0.1) is 0 Å². The number of hydrogen-bond donors (Lipinski definition) is 2. The first-order valence-electron chi connectivity index (χ1n) is 5.76. The van der Waals surface area contributed by atoms with E-state index < -0.39 is 5.97 Å². The van der Waals surface area contributed by atoms with Gasteiger partial charge in [-0.1, -0.05) is 6.07 Å². The lowest BCUT2D eigenvalue weighted by atomic mass is 10.2. The highest BCUT2D eigenvalue weighted by Crippen LogP contribution is 2.14. The van der Waals surface area contributed by atoms with Gasteiger partial charge in [0.1, 0.15) is 0 Å². The molecule has 0 atom stereocenters. The molecule has 0 saturated carbocycles. The van der Waals surface area contributed by atoms with Crippen LogP contribution in [-0.4, -0.2) is 24.0 Å². The molecule has 0 unspecified atom stereocenters. The third-order valence-corrected chi connectivity index (χ3v) is 3.20. The molecule has 0 saturated heterocycles. The topological polar surface area (TPSA) is 94.3 Å². The molecular formula is C13H13N3O3S. The first-order chi connectivity index (χ1) is 9.58. The first kappa shape index (κ1) is 14.0. The minimum atomic E-state index is -0.451. The number of thiazole rings is 1. The monoisotopic (exact) mass is 291 g/mol. The van der Waals surface area contributed by atoms with Crippen molar-refractivity contribution >= 4 is 34.0 Å². The van der Waals surface area contributed by atoms with Crippen LogP contribution < -0.4 is 11.1 Å². The van der Waals surface area contributed by atoms with Crippen LogP contribution in [0.2, 0.25) is 0 Å². The molecule has 0 aliphatic rings. The van der Waals surface area contributed by atoms with E-state index in [1.165, 1.54) is 18.4 Å². The summed E-state index contributed by atoms with van der Waals surface area (Å²) in [5, 5.41) is 4.86. The molecule has 1 aromatic carbocycles. The fourth-order valence-corrected chi connectivity index (χ4v) is 2.18. The predicted molar refractivity (Wildman–Crippen MR) is 76.6 cm³/mol. The highest BCUT2D eigenvalue weighted by atomic mass is 32.1. The fraction of sp³-hybridized carbons (Fsp3) is 0.154. The molecule has 2 rings (SSSR count). The summed E-state index contributed by atoms with van der Waals surface area (Å²) >= 11 is 1.29. The summed E-state index contributed by atoms with van der Waals surface area (Å²) < 4.78 is 4.62. The number of nitrogens with two attached hydrogens (primary N) is 1. The molecule has 0 spiro atoms. The van der Waals surface area contributed by atoms with Gasteiger partial charge >= 0.3 is 5.97 Å². The van der Waals surface area contributed by atoms with Crippen molar-refractivity contribution < 1.29 is 14.3 Å². The van der Waals surface area contributed by atoms with E-state index in [1.54, 1.807) is 29.6 Å². The van der Waals surface area contributed by atoms with Crippen LogP contribution in [-0.2, 0) is 16.0 Å². The Bertz CT molecular complexity index is 639. The molecule has 3 N–H and O–H groups in total. The molecule has 1 aromatic heterocycles. The van der Waals surface area contributed by atoms with Crippen molar-refractivity contribution in [1.82, 2.24) is 4.98 Å². The van der Waals surface area contributed by atoms with Gasteiger partial charge in [0.05, 0.1) is 24.8 Å². The summed E-state index contributed by atoms with van der Waals surface area (Å²) in [6, 6.07) is 6.53. The van der Waals surface area contributed by atoms with Gasteiger partial charge in [-0.2, -0.15) is 0 Å². The van der Waals surface area contributed by atoms with Crippen molar-refractivity contribution in [3.63, 3.8) is 0 Å². The van der Waals surface area contributed by atoms with E-state index in [4.69, 9.17) is 5.73 Å². The highest BCUT2D eigenvalue weighted by molar-refractivity contribution is 7.13. The Balaban J connectivity index is 2.02. The fourth-order valence-electron chi connectivity index (χ4n) is 1.62. The second kappa shape index (κ2) is 6.16. The van der Waals surface area contributed by atoms with Gasteiger partial charge in [-0.15, -0.1) is 11.3 Å². The third-order valence-electron chi connectivity index (χ3n) is 2.48. The van der Waals surface area contributed by atoms with E-state index in [1.807, 2.05) is 0 Å². The second-order valence-electron chi connectivity index (χ2n) is 3.97. The molecular weight excluding hydrogens is 278 g/mol. The Labute approximate surface area is 119 Å². The number of carbonyl (C=O) groups is 2. The average molecular weight is 291 g/mol. The standard InChI is InChI=1S/C13H13N3O3S/c1-19-12(18)8-3-2-4-9(5-8)15-11(17)6-10-7-20-13(14)16-10/h2-5,7H,6H2,1H3,(H2,14,16)(H,15,17). The molecule has 1 heterocycles. The lowest BCUT2D eigenvalue weighted by Crippen LogP contribution is -2.15. The van der Waals surface area contributed by atoms with E-state index in [0.29, 0.717) is 22.1 Å². The number of rotatable bonds is 4. The van der Waals surface area contributed by atoms with Crippen LogP contribution in [0.15, 0.2) is 29.6 Å². The molecule has 0 fully saturated rings. The van der Waals surface area contributed by atoms with Crippen LogP contribution in [0.5, 0.6) is 0 Å². The van der Waals surface area contributed by atoms with Gasteiger partial charge in [-0.25, -0.2) is 9.78 Å². The average Bonchev–Trinajstić information content (AvgIpc) is 2.83. The van der Waals surface area contributed by atoms with Gasteiger partial charge in [0.2, 0.25) is 5.91 Å². The Morgan fingerprint density at radius 3 is 2.90 bits per heavy atom. The minimum absolute atomic E-state index is 0.135. The van der Waals surface area contributed by atoms with Crippen molar-refractivity contribution in [2.24, 2.45) is 0 Å². The van der Waals surface area contributed by atoms with Crippen molar-refractivity contribution in [3.05, 3.63) is 40.9 Å². The van der Waals surface area contributed by atoms with Gasteiger partial charge in [0, 0.05) is 11.1 Å². The Morgan fingerprint density at radius 1 is 1.45 bits per heavy atom. The van der Waals surface area contributed by atoms with Gasteiger partial charge in [-0.05, 0) is 18.2 Å². The normalized spacial score (nSPS) is 10.1. The lowest BCUT2D eigenvalue weighted by Gasteiger charge is -2.05. The number of anilines is 2. The molecule has 20 heavy (non-hydrogen) atoms. The van der Waals surface area contributed by atoms with Crippen LogP contribution >= 0.6 is 11.3 Å². The molecule has 104 valence electrons. The van der Waals surface area contributed by atoms with Gasteiger partial charge in [0.15, 0.2) is 5.13 Å². The van der Waals surface area contributed by atoms with Gasteiger partial charge in [0.25, 0.3) is 0 Å². The zero-order valence-corrected chi connectivity index (χ0v) is 11.6. The number of aromatic nitrogens is 1. The number of ether oxygens (including phenoxy) is 1. The summed E-state index contributed by atoms with van der Waals surface area (Å²) in [7, 11) is 1.31. The molecule has 0 aliphatic carbocycles. The van der Waals surface area contributed by atoms with Crippen molar-refractivity contribution in [2.75, 3.05) is 18.2 Å². The maximum Gasteiger partial charge on any atom is 0.337 e. The van der Waals surface area contributed by atoms with E-state index in [9.17, 15) is 9.59 Å². The lowest BCUT2D eigenvalue weighted by molar-refractivity contribution is -0.115. The predicted octanol–water partition coefficient (Wildman–Crippen LogP) is 1.69. The maximum absolute atomic E-state index is 11.8. The van der Waals surface area contributed by atoms with E-state index >= 15 is 0 Å². The number of benzene rings is 1. The second-order valence-corrected chi connectivity index (χ2v) is 4.86. The number of methoxy groups -OCH3 is 1. The molecule has 0 aliphatic heterocycles. The minimum Gasteiger partial charge on any atom is -0.465 e. The van der Waals surface area contributed by atoms with E-state index in [2.05, 4.69) is 15.0 Å². The molecule has 6 nitrogen and oxygen atoms in total. The molecule has 7 heteroatoms. The third kappa shape index (κ3) is 3.55. The number of esters is 1. The largest absolute Gasteiger partial charge is 0.465 e.